The average molecular weight is 801 g/mol. The normalized spacial score (nSPS) is 12.4. The van der Waals surface area contributed by atoms with Gasteiger partial charge in [0, 0.05) is 5.56 Å². The number of aromatic hydroxyl groups is 3. The first-order chi connectivity index (χ1) is 26.3. The first-order valence-electron chi connectivity index (χ1n) is 20.4. The molecule has 0 heterocycles. The molecule has 0 aromatic heterocycles. The average Bonchev–Trinajstić information content (AvgIpc) is 3.10. The predicted molar refractivity (Wildman–Crippen MR) is 218 cm³/mol. The van der Waals surface area contributed by atoms with Gasteiger partial charge in [-0.15, -0.1) is 0 Å². The van der Waals surface area contributed by atoms with Crippen molar-refractivity contribution in [1.29, 1.82) is 0 Å². The van der Waals surface area contributed by atoms with Gasteiger partial charge in [0.05, 0.1) is 21.7 Å². The molecule has 57 heavy (non-hydrogen) atoms. The van der Waals surface area contributed by atoms with Crippen molar-refractivity contribution in [1.82, 2.24) is 0 Å². The molecule has 0 amide bonds. The van der Waals surface area contributed by atoms with E-state index in [-0.39, 0.29) is 35.2 Å². The van der Waals surface area contributed by atoms with Crippen molar-refractivity contribution in [3.8, 4) is 28.7 Å². The number of benzene rings is 2. The van der Waals surface area contributed by atoms with Gasteiger partial charge in [-0.1, -0.05) is 38.2 Å². The van der Waals surface area contributed by atoms with Crippen LogP contribution in [0.25, 0.3) is 0 Å². The number of carboxylic acids is 4. The number of unbranched alkanes of at least 4 members (excludes halogenated alkanes) is 5. The molecule has 2 aromatic carbocycles. The minimum absolute atomic E-state index is 0.102. The molecule has 0 atom stereocenters. The van der Waals surface area contributed by atoms with Crippen LogP contribution in [-0.2, 0) is 44.9 Å². The summed E-state index contributed by atoms with van der Waals surface area (Å²) in [4.78, 5) is 46.7. The molecule has 0 unspecified atom stereocenters. The van der Waals surface area contributed by atoms with Crippen LogP contribution in [0.4, 0.5) is 0 Å². The van der Waals surface area contributed by atoms with Crippen LogP contribution in [0.2, 0.25) is 0 Å². The number of carbonyl (C=O) groups is 4. The number of rotatable bonds is 27. The number of aliphatic carboxylic acids is 4. The SMILES string of the molecule is CC(C)(CCCCCc1cc(CCCCC(C)(C)C(=O)O)c(O)c(Oc2c(CCCCC(C)(C)C(=O)O)cc(O)c(O)c2CCCCC(C)(C)C(=O)O)c1)C(=O)O. The minimum Gasteiger partial charge on any atom is -0.504 e. The third-order valence-corrected chi connectivity index (χ3v) is 11.4. The Hall–Kier alpha value is -4.48. The number of phenols is 3. The molecule has 12 nitrogen and oxygen atoms in total. The summed E-state index contributed by atoms with van der Waals surface area (Å²) in [7, 11) is 0. The second-order valence-corrected chi connectivity index (χ2v) is 18.4. The second kappa shape index (κ2) is 20.8. The van der Waals surface area contributed by atoms with Crippen molar-refractivity contribution in [2.75, 3.05) is 0 Å². The predicted octanol–water partition coefficient (Wildman–Crippen LogP) is 10.3. The van der Waals surface area contributed by atoms with E-state index in [4.69, 9.17) is 4.74 Å². The lowest BCUT2D eigenvalue weighted by Crippen LogP contribution is -2.23. The van der Waals surface area contributed by atoms with Crippen LogP contribution in [0, 0.1) is 21.7 Å². The fourth-order valence-electron chi connectivity index (χ4n) is 6.69. The molecule has 0 bridgehead atoms. The van der Waals surface area contributed by atoms with Gasteiger partial charge in [0.25, 0.3) is 0 Å². The maximum absolute atomic E-state index is 11.7. The maximum Gasteiger partial charge on any atom is 0.309 e. The van der Waals surface area contributed by atoms with Crippen LogP contribution < -0.4 is 4.74 Å². The fraction of sp³-hybridized carbons (Fsp3) is 0.644. The Morgan fingerprint density at radius 1 is 0.474 bits per heavy atom. The Labute approximate surface area is 338 Å². The van der Waals surface area contributed by atoms with Crippen LogP contribution in [-0.4, -0.2) is 59.6 Å². The highest BCUT2D eigenvalue weighted by molar-refractivity contribution is 5.74. The van der Waals surface area contributed by atoms with Crippen molar-refractivity contribution in [3.05, 3.63) is 40.5 Å². The van der Waals surface area contributed by atoms with Gasteiger partial charge in [-0.2, -0.15) is 0 Å². The van der Waals surface area contributed by atoms with Crippen LogP contribution in [0.15, 0.2) is 18.2 Å². The third kappa shape index (κ3) is 14.8. The smallest absolute Gasteiger partial charge is 0.309 e. The molecule has 2 rings (SSSR count). The highest BCUT2D eigenvalue weighted by Gasteiger charge is 2.30. The number of aryl methyl sites for hydroxylation is 3. The molecule has 0 fully saturated rings. The lowest BCUT2D eigenvalue weighted by molar-refractivity contribution is -0.148. The minimum atomic E-state index is -0.951. The first-order valence-corrected chi connectivity index (χ1v) is 20.4. The van der Waals surface area contributed by atoms with Gasteiger partial charge in [-0.25, -0.2) is 0 Å². The topological polar surface area (TPSA) is 219 Å². The van der Waals surface area contributed by atoms with Crippen molar-refractivity contribution >= 4 is 23.9 Å². The summed E-state index contributed by atoms with van der Waals surface area (Å²) in [5.74, 6) is -3.96. The van der Waals surface area contributed by atoms with Gasteiger partial charge in [-0.05, 0) is 161 Å². The maximum atomic E-state index is 11.7. The highest BCUT2D eigenvalue weighted by atomic mass is 16.5. The van der Waals surface area contributed by atoms with Gasteiger partial charge < -0.3 is 40.5 Å². The van der Waals surface area contributed by atoms with Crippen molar-refractivity contribution in [2.45, 2.75) is 165 Å². The van der Waals surface area contributed by atoms with Gasteiger partial charge in [0.1, 0.15) is 5.75 Å². The third-order valence-electron chi connectivity index (χ3n) is 11.4. The molecule has 0 saturated heterocycles. The molecule has 12 heteroatoms. The summed E-state index contributed by atoms with van der Waals surface area (Å²) in [5.41, 5.74) is -1.24. The molecule has 2 aromatic rings. The van der Waals surface area contributed by atoms with Crippen LogP contribution in [0.5, 0.6) is 28.7 Å². The molecule has 0 radical (unpaired) electrons. The Bertz CT molecular complexity index is 1700. The van der Waals surface area contributed by atoms with Crippen molar-refractivity contribution < 1.29 is 59.7 Å². The molecule has 0 aliphatic carbocycles. The van der Waals surface area contributed by atoms with Gasteiger partial charge >= 0.3 is 23.9 Å². The molecule has 0 saturated carbocycles. The Morgan fingerprint density at radius 3 is 1.30 bits per heavy atom. The Morgan fingerprint density at radius 2 is 0.860 bits per heavy atom. The van der Waals surface area contributed by atoms with Gasteiger partial charge in [-0.3, -0.25) is 19.2 Å². The van der Waals surface area contributed by atoms with Gasteiger partial charge in [0.2, 0.25) is 0 Å². The fourth-order valence-corrected chi connectivity index (χ4v) is 6.69. The zero-order valence-electron chi connectivity index (χ0n) is 35.4. The number of carboxylic acid groups (broad SMARTS) is 4. The van der Waals surface area contributed by atoms with E-state index >= 15 is 0 Å². The van der Waals surface area contributed by atoms with E-state index in [1.807, 2.05) is 6.07 Å². The van der Waals surface area contributed by atoms with E-state index < -0.39 is 45.5 Å². The lowest BCUT2D eigenvalue weighted by atomic mass is 9.86. The van der Waals surface area contributed by atoms with E-state index in [1.165, 1.54) is 6.07 Å². The standard InChI is InChI=1S/C45H68O12/c1-42(2,38(49)50)22-14-9-10-18-29-26-30(19-11-15-23-43(3,4)39(51)52)35(47)34(27-29)57-37-31(20-12-16-24-44(5,6)40(53)54)28-33(46)36(48)32(37)21-13-17-25-45(7,8)41(55)56/h26-28,46-48H,9-25H2,1-8H3,(H,49,50)(H,51,52)(H,53,54)(H,55,56). The summed E-state index contributed by atoms with van der Waals surface area (Å²) in [5, 5.41) is 72.1. The molecular weight excluding hydrogens is 732 g/mol. The lowest BCUT2D eigenvalue weighted by Gasteiger charge is -2.22. The first kappa shape index (κ1) is 48.7. The van der Waals surface area contributed by atoms with E-state index in [2.05, 4.69) is 0 Å². The van der Waals surface area contributed by atoms with Gasteiger partial charge in [0.15, 0.2) is 23.0 Å². The molecule has 0 aliphatic heterocycles. The summed E-state index contributed by atoms with van der Waals surface area (Å²) in [6.45, 7) is 13.4. The van der Waals surface area contributed by atoms with Crippen molar-refractivity contribution in [3.63, 3.8) is 0 Å². The summed E-state index contributed by atoms with van der Waals surface area (Å²) in [6, 6.07) is 5.08. The summed E-state index contributed by atoms with van der Waals surface area (Å²) < 4.78 is 6.60. The molecule has 0 aliphatic rings. The summed E-state index contributed by atoms with van der Waals surface area (Å²) >= 11 is 0. The number of hydrogen-bond acceptors (Lipinski definition) is 8. The van der Waals surface area contributed by atoms with Crippen molar-refractivity contribution in [2.24, 2.45) is 21.7 Å². The molecule has 7 N–H and O–H groups in total. The summed E-state index contributed by atoms with van der Waals surface area (Å²) in [6.07, 6.45) is 9.01. The molecule has 320 valence electrons. The molecule has 0 spiro atoms. The zero-order chi connectivity index (χ0) is 43.4. The number of phenolic OH excluding ortho intramolecular Hbond substituents is 3. The largest absolute Gasteiger partial charge is 0.504 e. The number of ether oxygens (including phenoxy) is 1. The van der Waals surface area contributed by atoms with E-state index in [0.29, 0.717) is 100 Å². The highest BCUT2D eigenvalue weighted by Crippen LogP contribution is 2.46. The van der Waals surface area contributed by atoms with Crippen LogP contribution in [0.1, 0.15) is 161 Å². The van der Waals surface area contributed by atoms with Crippen LogP contribution in [0.3, 0.4) is 0 Å². The quantitative estimate of drug-likeness (QED) is 0.0331. The monoisotopic (exact) mass is 800 g/mol. The van der Waals surface area contributed by atoms with Crippen LogP contribution >= 0.6 is 0 Å². The Balaban J connectivity index is 2.55. The van der Waals surface area contributed by atoms with E-state index in [9.17, 15) is 54.9 Å². The number of hydrogen-bond donors (Lipinski definition) is 7. The Kier molecular flexibility index (Phi) is 17.8. The molecular formula is C45H68O12. The zero-order valence-corrected chi connectivity index (χ0v) is 35.4. The second-order valence-electron chi connectivity index (χ2n) is 18.4. The van der Waals surface area contributed by atoms with E-state index in [1.54, 1.807) is 61.5 Å². The van der Waals surface area contributed by atoms with E-state index in [0.717, 1.165) is 24.8 Å².